The number of pyridine rings is 1. The van der Waals surface area contributed by atoms with Gasteiger partial charge in [0.25, 0.3) is 5.91 Å². The predicted octanol–water partition coefficient (Wildman–Crippen LogP) is 0.514. The lowest BCUT2D eigenvalue weighted by Gasteiger charge is -2.25. The molecule has 0 aromatic carbocycles. The van der Waals surface area contributed by atoms with Crippen molar-refractivity contribution in [3.8, 4) is 0 Å². The van der Waals surface area contributed by atoms with Crippen molar-refractivity contribution in [1.29, 1.82) is 0 Å². The Morgan fingerprint density at radius 1 is 1.47 bits per heavy atom. The maximum absolute atomic E-state index is 12.2. The van der Waals surface area contributed by atoms with E-state index in [1.807, 2.05) is 0 Å². The number of rotatable bonds is 5. The fraction of sp³-hybridized carbons (Fsp3) is 0.364. The van der Waals surface area contributed by atoms with E-state index in [0.717, 1.165) is 0 Å². The third-order valence-electron chi connectivity index (χ3n) is 2.30. The molecule has 0 atom stereocenters. The summed E-state index contributed by atoms with van der Waals surface area (Å²) in [5.74, 6) is 4.66. The van der Waals surface area contributed by atoms with Gasteiger partial charge in [-0.15, -0.1) is 0 Å². The number of aromatic nitrogens is 1. The quantitative estimate of drug-likeness (QED) is 0.463. The van der Waals surface area contributed by atoms with Crippen LogP contribution in [0.15, 0.2) is 16.7 Å². The van der Waals surface area contributed by atoms with Crippen molar-refractivity contribution < 1.29 is 9.59 Å². The number of nitrogens with two attached hydrogens (primary N) is 2. The van der Waals surface area contributed by atoms with Crippen molar-refractivity contribution in [2.24, 2.45) is 11.6 Å². The van der Waals surface area contributed by atoms with Crippen molar-refractivity contribution in [2.75, 3.05) is 5.43 Å². The Balaban J connectivity index is 2.95. The fourth-order valence-corrected chi connectivity index (χ4v) is 1.91. The third kappa shape index (κ3) is 4.49. The second-order valence-electron chi connectivity index (χ2n) is 4.68. The summed E-state index contributed by atoms with van der Waals surface area (Å²) < 4.78 is 0.643. The molecule has 0 unspecified atom stereocenters. The first-order chi connectivity index (χ1) is 8.75. The van der Waals surface area contributed by atoms with Crippen molar-refractivity contribution in [2.45, 2.75) is 25.8 Å². The smallest absolute Gasteiger partial charge is 0.255 e. The molecular weight excluding hydrogens is 314 g/mol. The van der Waals surface area contributed by atoms with Crippen LogP contribution < -0.4 is 22.3 Å². The van der Waals surface area contributed by atoms with E-state index in [-0.39, 0.29) is 17.8 Å². The van der Waals surface area contributed by atoms with Crippen molar-refractivity contribution in [3.05, 3.63) is 22.3 Å². The Hall–Kier alpha value is -1.67. The minimum atomic E-state index is -0.753. The van der Waals surface area contributed by atoms with E-state index in [4.69, 9.17) is 11.6 Å². The number of primary amides is 1. The van der Waals surface area contributed by atoms with Crippen LogP contribution in [-0.2, 0) is 4.79 Å². The minimum absolute atomic E-state index is 0.0333. The van der Waals surface area contributed by atoms with E-state index in [9.17, 15) is 9.59 Å². The van der Waals surface area contributed by atoms with Gasteiger partial charge >= 0.3 is 0 Å². The Bertz CT molecular complexity index is 504. The average molecular weight is 330 g/mol. The van der Waals surface area contributed by atoms with Crippen LogP contribution in [0.5, 0.6) is 0 Å². The van der Waals surface area contributed by atoms with Crippen LogP contribution in [0.2, 0.25) is 0 Å². The second-order valence-corrected chi connectivity index (χ2v) is 5.59. The minimum Gasteiger partial charge on any atom is -0.370 e. The monoisotopic (exact) mass is 329 g/mol. The molecule has 0 saturated carbocycles. The van der Waals surface area contributed by atoms with Gasteiger partial charge in [0.1, 0.15) is 0 Å². The van der Waals surface area contributed by atoms with Crippen LogP contribution in [0.25, 0.3) is 0 Å². The van der Waals surface area contributed by atoms with Gasteiger partial charge in [0.05, 0.1) is 5.56 Å². The van der Waals surface area contributed by atoms with Crippen molar-refractivity contribution in [1.82, 2.24) is 10.3 Å². The molecule has 0 aliphatic heterocycles. The summed E-state index contributed by atoms with van der Waals surface area (Å²) in [6.45, 7) is 3.41. The summed E-state index contributed by atoms with van der Waals surface area (Å²) in [4.78, 5) is 27.1. The molecule has 2 amide bonds. The number of hydrogen-bond acceptors (Lipinski definition) is 5. The number of nitrogen functional groups attached to an aromatic ring is 1. The highest BCUT2D eigenvalue weighted by molar-refractivity contribution is 9.10. The van der Waals surface area contributed by atoms with Gasteiger partial charge in [-0.05, 0) is 35.8 Å². The Kier molecular flexibility index (Phi) is 4.84. The summed E-state index contributed by atoms with van der Waals surface area (Å²) >= 11 is 3.23. The Labute approximate surface area is 119 Å². The van der Waals surface area contributed by atoms with E-state index >= 15 is 0 Å². The molecule has 1 rings (SSSR count). The lowest BCUT2D eigenvalue weighted by Crippen LogP contribution is -2.46. The van der Waals surface area contributed by atoms with Crippen LogP contribution in [-0.4, -0.2) is 22.3 Å². The van der Waals surface area contributed by atoms with Crippen molar-refractivity contribution >= 4 is 33.6 Å². The topological polar surface area (TPSA) is 123 Å². The van der Waals surface area contributed by atoms with Crippen LogP contribution in [0.4, 0.5) is 5.82 Å². The first kappa shape index (κ1) is 15.4. The van der Waals surface area contributed by atoms with Gasteiger partial charge in [-0.1, -0.05) is 0 Å². The molecule has 0 bridgehead atoms. The normalized spacial score (nSPS) is 10.9. The molecular formula is C11H16BrN5O2. The lowest BCUT2D eigenvalue weighted by atomic mass is 9.99. The van der Waals surface area contributed by atoms with Gasteiger partial charge in [-0.2, -0.15) is 0 Å². The summed E-state index contributed by atoms with van der Waals surface area (Å²) in [7, 11) is 0. The molecule has 0 aliphatic carbocycles. The summed E-state index contributed by atoms with van der Waals surface area (Å²) in [6, 6.07) is 1.58. The highest BCUT2D eigenvalue weighted by Gasteiger charge is 2.25. The maximum atomic E-state index is 12.2. The number of amides is 2. The van der Waals surface area contributed by atoms with Crippen LogP contribution >= 0.6 is 15.9 Å². The summed E-state index contributed by atoms with van der Waals surface area (Å²) in [5.41, 5.74) is 7.00. The number of hydrazine groups is 1. The number of nitrogens with zero attached hydrogens (tertiary/aromatic N) is 1. The zero-order chi connectivity index (χ0) is 14.6. The molecule has 104 valence electrons. The molecule has 1 heterocycles. The summed E-state index contributed by atoms with van der Waals surface area (Å²) in [6.07, 6.45) is 1.55. The van der Waals surface area contributed by atoms with Gasteiger partial charge in [-0.3, -0.25) is 9.59 Å². The maximum Gasteiger partial charge on any atom is 0.255 e. The SMILES string of the molecule is CC(C)(CC(N)=O)NC(=O)c1cc(Br)cnc1NN. The van der Waals surface area contributed by atoms with Gasteiger partial charge in [0, 0.05) is 22.6 Å². The molecule has 0 radical (unpaired) electrons. The fourth-order valence-electron chi connectivity index (χ4n) is 1.58. The van der Waals surface area contributed by atoms with Gasteiger partial charge < -0.3 is 16.5 Å². The first-order valence-corrected chi connectivity index (χ1v) is 6.27. The number of hydrogen-bond donors (Lipinski definition) is 4. The Morgan fingerprint density at radius 2 is 2.11 bits per heavy atom. The zero-order valence-electron chi connectivity index (χ0n) is 10.7. The van der Waals surface area contributed by atoms with E-state index < -0.39 is 17.4 Å². The molecule has 0 fully saturated rings. The average Bonchev–Trinajstić information content (AvgIpc) is 2.26. The molecule has 0 aliphatic rings. The third-order valence-corrected chi connectivity index (χ3v) is 2.74. The van der Waals surface area contributed by atoms with E-state index in [1.165, 1.54) is 6.20 Å². The molecule has 7 nitrogen and oxygen atoms in total. The molecule has 1 aromatic rings. The number of anilines is 1. The molecule has 1 aromatic heterocycles. The molecule has 6 N–H and O–H groups in total. The van der Waals surface area contributed by atoms with Gasteiger partial charge in [-0.25, -0.2) is 10.8 Å². The molecule has 19 heavy (non-hydrogen) atoms. The van der Waals surface area contributed by atoms with E-state index in [0.29, 0.717) is 4.47 Å². The standard InChI is InChI=1S/C11H16BrN5O2/c1-11(2,4-8(13)18)16-10(19)7-3-6(12)5-15-9(7)17-14/h3,5H,4,14H2,1-2H3,(H2,13,18)(H,15,17)(H,16,19). The Morgan fingerprint density at radius 3 is 2.63 bits per heavy atom. The van der Waals surface area contributed by atoms with Gasteiger partial charge in [0.15, 0.2) is 5.82 Å². The predicted molar refractivity (Wildman–Crippen MR) is 75.1 cm³/mol. The lowest BCUT2D eigenvalue weighted by molar-refractivity contribution is -0.119. The number of carbonyl (C=O) groups is 2. The van der Waals surface area contributed by atoms with Crippen molar-refractivity contribution in [3.63, 3.8) is 0 Å². The zero-order valence-corrected chi connectivity index (χ0v) is 12.2. The molecule has 0 saturated heterocycles. The highest BCUT2D eigenvalue weighted by atomic mass is 79.9. The van der Waals surface area contributed by atoms with Gasteiger partial charge in [0.2, 0.25) is 5.91 Å². The van der Waals surface area contributed by atoms with E-state index in [2.05, 4.69) is 31.7 Å². The van der Waals surface area contributed by atoms with Crippen LogP contribution in [0.3, 0.4) is 0 Å². The largest absolute Gasteiger partial charge is 0.370 e. The summed E-state index contributed by atoms with van der Waals surface area (Å²) in [5, 5.41) is 2.71. The number of halogens is 1. The number of carbonyl (C=O) groups excluding carboxylic acids is 2. The van der Waals surface area contributed by atoms with E-state index in [1.54, 1.807) is 19.9 Å². The van der Waals surface area contributed by atoms with Crippen LogP contribution in [0.1, 0.15) is 30.6 Å². The number of nitrogens with one attached hydrogen (secondary N) is 2. The highest BCUT2D eigenvalue weighted by Crippen LogP contribution is 2.18. The second kappa shape index (κ2) is 5.98. The van der Waals surface area contributed by atoms with Crippen LogP contribution in [0, 0.1) is 0 Å². The molecule has 8 heteroatoms. The molecule has 0 spiro atoms. The first-order valence-electron chi connectivity index (χ1n) is 5.48.